The van der Waals surface area contributed by atoms with Gasteiger partial charge in [-0.2, -0.15) is 0 Å². The van der Waals surface area contributed by atoms with Gasteiger partial charge in [0.25, 0.3) is 0 Å². The lowest BCUT2D eigenvalue weighted by Gasteiger charge is -2.14. The van der Waals surface area contributed by atoms with Crippen LogP contribution in [0.15, 0.2) is 60.7 Å². The molecule has 0 aromatic heterocycles. The number of hydrogen-bond acceptors (Lipinski definition) is 0. The summed E-state index contributed by atoms with van der Waals surface area (Å²) >= 11 is 12.0. The van der Waals surface area contributed by atoms with Crippen LogP contribution in [0.3, 0.4) is 0 Å². The fourth-order valence-electron chi connectivity index (χ4n) is 2.41. The third-order valence-corrected chi connectivity index (χ3v) is 4.36. The van der Waals surface area contributed by atoms with E-state index in [0.29, 0.717) is 11.3 Å². The summed E-state index contributed by atoms with van der Waals surface area (Å²) < 4.78 is 26.7. The van der Waals surface area contributed by atoms with Crippen LogP contribution in [0.1, 0.15) is 6.92 Å². The summed E-state index contributed by atoms with van der Waals surface area (Å²) in [5, 5.41) is -0.0389. The minimum absolute atomic E-state index is 0.0700. The molecule has 0 aliphatic rings. The van der Waals surface area contributed by atoms with Crippen molar-refractivity contribution >= 4 is 40.8 Å². The normalized spacial score (nSPS) is 14.0. The van der Waals surface area contributed by atoms with E-state index in [0.717, 1.165) is 10.9 Å². The van der Waals surface area contributed by atoms with Gasteiger partial charge in [-0.25, -0.2) is 8.78 Å². The minimum Gasteiger partial charge on any atom is -0.246 e. The maximum absolute atomic E-state index is 13.6. The van der Waals surface area contributed by atoms with Gasteiger partial charge in [0.15, 0.2) is 0 Å². The van der Waals surface area contributed by atoms with Crippen molar-refractivity contribution in [2.45, 2.75) is 24.8 Å². The maximum Gasteiger partial charge on any atom is 0.213 e. The van der Waals surface area contributed by atoms with E-state index in [1.807, 2.05) is 30.3 Å². The van der Waals surface area contributed by atoms with E-state index in [1.54, 1.807) is 18.2 Å². The number of rotatable bonds is 6. The zero-order valence-corrected chi connectivity index (χ0v) is 14.2. The molecule has 0 N–H and O–H groups in total. The highest BCUT2D eigenvalue weighted by Crippen LogP contribution is 2.11. The molecule has 0 bridgehead atoms. The third kappa shape index (κ3) is 5.37. The lowest BCUT2D eigenvalue weighted by atomic mass is 9.38. The quantitative estimate of drug-likeness (QED) is 0.404. The predicted molar refractivity (Wildman–Crippen MR) is 97.0 cm³/mol. The summed E-state index contributed by atoms with van der Waals surface area (Å²) in [6.07, 6.45) is 2.94. The molecular formula is C18H17BCl2F2. The number of allylic oxidation sites excluding steroid dienone is 2. The molecule has 2 rings (SSSR count). The van der Waals surface area contributed by atoms with Crippen LogP contribution in [0, 0.1) is 5.82 Å². The van der Waals surface area contributed by atoms with Crippen LogP contribution in [0.4, 0.5) is 8.78 Å². The first-order valence-corrected chi connectivity index (χ1v) is 8.24. The number of alkyl halides is 2. The highest BCUT2D eigenvalue weighted by molar-refractivity contribution is 6.85. The lowest BCUT2D eigenvalue weighted by molar-refractivity contribution is 0.369. The molecule has 2 unspecified atom stereocenters. The van der Waals surface area contributed by atoms with Gasteiger partial charge in [-0.1, -0.05) is 58.9 Å². The van der Waals surface area contributed by atoms with Crippen molar-refractivity contribution in [1.82, 2.24) is 0 Å². The maximum atomic E-state index is 13.6. The Morgan fingerprint density at radius 3 is 2.39 bits per heavy atom. The van der Waals surface area contributed by atoms with Crippen molar-refractivity contribution in [3.8, 4) is 0 Å². The minimum atomic E-state index is -1.12. The van der Waals surface area contributed by atoms with Gasteiger partial charge in [-0.05, 0) is 37.5 Å². The van der Waals surface area contributed by atoms with Gasteiger partial charge in [0.05, 0.1) is 5.38 Å². The molecule has 0 saturated carbocycles. The summed E-state index contributed by atoms with van der Waals surface area (Å²) in [5.41, 5.74) is 1.82. The van der Waals surface area contributed by atoms with E-state index >= 15 is 0 Å². The van der Waals surface area contributed by atoms with Gasteiger partial charge in [0.1, 0.15) is 12.0 Å². The molecule has 0 aliphatic carbocycles. The second-order valence-electron chi connectivity index (χ2n) is 5.45. The molecule has 0 fully saturated rings. The fourth-order valence-corrected chi connectivity index (χ4v) is 2.71. The zero-order chi connectivity index (χ0) is 16.8. The van der Waals surface area contributed by atoms with Crippen molar-refractivity contribution in [3.05, 3.63) is 71.5 Å². The first kappa shape index (κ1) is 18.0. The van der Waals surface area contributed by atoms with E-state index in [2.05, 4.69) is 0 Å². The first-order valence-electron chi connectivity index (χ1n) is 7.43. The molecule has 0 radical (unpaired) electrons. The monoisotopic (exact) mass is 352 g/mol. The summed E-state index contributed by atoms with van der Waals surface area (Å²) in [6, 6.07) is 13.9. The van der Waals surface area contributed by atoms with E-state index < -0.39 is 11.5 Å². The molecule has 23 heavy (non-hydrogen) atoms. The number of halogens is 4. The Kier molecular flexibility index (Phi) is 6.67. The van der Waals surface area contributed by atoms with Crippen LogP contribution in [0.5, 0.6) is 0 Å². The average Bonchev–Trinajstić information content (AvgIpc) is 2.51. The second-order valence-corrected chi connectivity index (χ2v) is 6.39. The third-order valence-electron chi connectivity index (χ3n) is 3.63. The van der Waals surface area contributed by atoms with Gasteiger partial charge >= 0.3 is 0 Å². The smallest absolute Gasteiger partial charge is 0.213 e. The summed E-state index contributed by atoms with van der Waals surface area (Å²) in [7, 11) is 0. The molecule has 0 aliphatic heterocycles. The standard InChI is InChI=1S/C18H17BCl2F2/c1-13(22)18(21)9-4-10-19(14-5-2-7-16(20)11-14)15-6-3-8-17(23)12-15/h2-9,11-13,18H,10H2,1H3. The predicted octanol–water partition coefficient (Wildman–Crippen LogP) is 4.61. The summed E-state index contributed by atoms with van der Waals surface area (Å²) in [4.78, 5) is 0. The molecule has 0 nitrogen and oxygen atoms in total. The number of hydrogen-bond donors (Lipinski definition) is 0. The average molecular weight is 353 g/mol. The first-order chi connectivity index (χ1) is 11.0. The molecule has 5 heteroatoms. The molecule has 0 heterocycles. The molecule has 0 amide bonds. The molecule has 0 saturated heterocycles. The van der Waals surface area contributed by atoms with Crippen LogP contribution in [-0.2, 0) is 0 Å². The highest BCUT2D eigenvalue weighted by atomic mass is 35.5. The van der Waals surface area contributed by atoms with Gasteiger partial charge in [-0.3, -0.25) is 0 Å². The Labute approximate surface area is 146 Å². The largest absolute Gasteiger partial charge is 0.246 e. The van der Waals surface area contributed by atoms with Crippen molar-refractivity contribution in [3.63, 3.8) is 0 Å². The van der Waals surface area contributed by atoms with Gasteiger partial charge in [-0.15, -0.1) is 11.6 Å². The van der Waals surface area contributed by atoms with E-state index in [9.17, 15) is 8.78 Å². The van der Waals surface area contributed by atoms with E-state index in [1.165, 1.54) is 19.1 Å². The van der Waals surface area contributed by atoms with Crippen LogP contribution < -0.4 is 10.9 Å². The fraction of sp³-hybridized carbons (Fsp3) is 0.222. The van der Waals surface area contributed by atoms with Crippen molar-refractivity contribution in [2.75, 3.05) is 0 Å². The molecule has 2 aromatic rings. The van der Waals surface area contributed by atoms with Crippen molar-refractivity contribution in [2.24, 2.45) is 0 Å². The van der Waals surface area contributed by atoms with Crippen molar-refractivity contribution in [1.29, 1.82) is 0 Å². The Bertz CT molecular complexity index is 628. The highest BCUT2D eigenvalue weighted by Gasteiger charge is 2.19. The van der Waals surface area contributed by atoms with Crippen molar-refractivity contribution < 1.29 is 8.78 Å². The molecule has 120 valence electrons. The van der Waals surface area contributed by atoms with Crippen LogP contribution in [-0.4, -0.2) is 18.3 Å². The Balaban J connectivity index is 2.28. The van der Waals surface area contributed by atoms with E-state index in [-0.39, 0.29) is 12.5 Å². The Morgan fingerprint density at radius 1 is 1.13 bits per heavy atom. The lowest BCUT2D eigenvalue weighted by Crippen LogP contribution is -2.41. The van der Waals surface area contributed by atoms with Gasteiger partial charge in [0, 0.05) is 5.02 Å². The topological polar surface area (TPSA) is 0 Å². The van der Waals surface area contributed by atoms with Crippen LogP contribution >= 0.6 is 23.2 Å². The zero-order valence-electron chi connectivity index (χ0n) is 12.7. The molecule has 2 atom stereocenters. The second kappa shape index (κ2) is 8.51. The molecular weight excluding hydrogens is 336 g/mol. The molecule has 2 aromatic carbocycles. The Hall–Kier alpha value is -1.32. The Morgan fingerprint density at radius 2 is 1.78 bits per heavy atom. The summed E-state index contributed by atoms with van der Waals surface area (Å²) in [6.45, 7) is 1.35. The number of benzene rings is 2. The molecule has 0 spiro atoms. The van der Waals surface area contributed by atoms with Crippen LogP contribution in [0.25, 0.3) is 0 Å². The van der Waals surface area contributed by atoms with Gasteiger partial charge in [0.2, 0.25) is 6.71 Å². The van der Waals surface area contributed by atoms with Gasteiger partial charge < -0.3 is 0 Å². The van der Waals surface area contributed by atoms with E-state index in [4.69, 9.17) is 23.2 Å². The summed E-state index contributed by atoms with van der Waals surface area (Å²) in [5.74, 6) is -0.286. The SMILES string of the molecule is CC(F)C(Cl)C=CCB(c1cccc(F)c1)c1cccc(Cl)c1. The van der Waals surface area contributed by atoms with Crippen LogP contribution in [0.2, 0.25) is 11.3 Å².